The first-order chi connectivity index (χ1) is 9.65. The van der Waals surface area contributed by atoms with Crippen molar-refractivity contribution in [3.8, 4) is 0 Å². The van der Waals surface area contributed by atoms with E-state index in [2.05, 4.69) is 16.8 Å². The molecule has 2 rings (SSSR count). The van der Waals surface area contributed by atoms with Gasteiger partial charge in [-0.15, -0.1) is 0 Å². The highest BCUT2D eigenvalue weighted by molar-refractivity contribution is 5.78. The highest BCUT2D eigenvalue weighted by Gasteiger charge is 2.19. The molecule has 4 heteroatoms. The van der Waals surface area contributed by atoms with Crippen LogP contribution in [0.25, 0.3) is 0 Å². The summed E-state index contributed by atoms with van der Waals surface area (Å²) in [5, 5.41) is 0. The third-order valence-corrected chi connectivity index (χ3v) is 4.01. The van der Waals surface area contributed by atoms with E-state index in [1.165, 1.54) is 18.4 Å². The third kappa shape index (κ3) is 4.60. The zero-order chi connectivity index (χ0) is 14.4. The number of amides is 1. The van der Waals surface area contributed by atoms with Gasteiger partial charge in [-0.3, -0.25) is 14.7 Å². The highest BCUT2D eigenvalue weighted by atomic mass is 16.2. The Hall–Kier alpha value is -1.42. The van der Waals surface area contributed by atoms with Crippen LogP contribution in [0.2, 0.25) is 0 Å². The van der Waals surface area contributed by atoms with Crippen LogP contribution in [0.5, 0.6) is 0 Å². The fourth-order valence-corrected chi connectivity index (χ4v) is 2.71. The fraction of sp³-hybridized carbons (Fsp3) is 0.625. The van der Waals surface area contributed by atoms with Crippen molar-refractivity contribution in [1.29, 1.82) is 0 Å². The Kier molecular flexibility index (Phi) is 5.53. The second-order valence-corrected chi connectivity index (χ2v) is 5.90. The van der Waals surface area contributed by atoms with E-state index >= 15 is 0 Å². The monoisotopic (exact) mass is 275 g/mol. The van der Waals surface area contributed by atoms with Crippen LogP contribution >= 0.6 is 0 Å². The Morgan fingerprint density at radius 2 is 2.20 bits per heavy atom. The van der Waals surface area contributed by atoms with Gasteiger partial charge >= 0.3 is 0 Å². The van der Waals surface area contributed by atoms with E-state index in [9.17, 15) is 4.79 Å². The first kappa shape index (κ1) is 15.0. The molecule has 1 atom stereocenters. The molecule has 1 aliphatic heterocycles. The largest absolute Gasteiger partial charge is 0.344 e. The number of likely N-dealkylation sites (tertiary alicyclic amines) is 1. The third-order valence-electron chi connectivity index (χ3n) is 4.01. The minimum atomic E-state index is 0.230. The molecule has 1 amide bonds. The van der Waals surface area contributed by atoms with Crippen LogP contribution in [-0.2, 0) is 11.2 Å². The molecule has 1 unspecified atom stereocenters. The van der Waals surface area contributed by atoms with Gasteiger partial charge in [0, 0.05) is 32.5 Å². The van der Waals surface area contributed by atoms with Gasteiger partial charge in [0.25, 0.3) is 0 Å². The first-order valence-electron chi connectivity index (χ1n) is 7.50. The number of carbonyl (C=O) groups excluding carboxylic acids is 1. The van der Waals surface area contributed by atoms with Crippen molar-refractivity contribution < 1.29 is 4.79 Å². The number of likely N-dealkylation sites (N-methyl/N-ethyl adjacent to an activating group) is 1. The SMILES string of the molecule is CC1CCCN(CC(=O)N(C)CCc2ccncc2)C1. The standard InChI is InChI=1S/C16H25N3O/c1-14-4-3-10-19(12-14)13-16(20)18(2)11-7-15-5-8-17-9-6-15/h5-6,8-9,14H,3-4,7,10-13H2,1-2H3. The normalized spacial score (nSPS) is 19.8. The molecule has 4 nitrogen and oxygen atoms in total. The summed E-state index contributed by atoms with van der Waals surface area (Å²) in [5.74, 6) is 0.951. The maximum absolute atomic E-state index is 12.2. The maximum atomic E-state index is 12.2. The lowest BCUT2D eigenvalue weighted by Crippen LogP contribution is -2.43. The summed E-state index contributed by atoms with van der Waals surface area (Å²) >= 11 is 0. The Balaban J connectivity index is 1.74. The van der Waals surface area contributed by atoms with Crippen LogP contribution in [0.3, 0.4) is 0 Å². The topological polar surface area (TPSA) is 36.4 Å². The molecule has 0 aromatic carbocycles. The van der Waals surface area contributed by atoms with E-state index in [4.69, 9.17) is 0 Å². The van der Waals surface area contributed by atoms with Crippen LogP contribution in [0.1, 0.15) is 25.3 Å². The smallest absolute Gasteiger partial charge is 0.236 e. The number of rotatable bonds is 5. The molecule has 1 saturated heterocycles. The number of nitrogens with zero attached hydrogens (tertiary/aromatic N) is 3. The Morgan fingerprint density at radius 3 is 2.90 bits per heavy atom. The van der Waals surface area contributed by atoms with Crippen LogP contribution in [0.15, 0.2) is 24.5 Å². The van der Waals surface area contributed by atoms with Crippen LogP contribution < -0.4 is 0 Å². The van der Waals surface area contributed by atoms with Crippen LogP contribution in [0.4, 0.5) is 0 Å². The van der Waals surface area contributed by atoms with Crippen LogP contribution in [0, 0.1) is 5.92 Å². The lowest BCUT2D eigenvalue weighted by Gasteiger charge is -2.31. The molecular formula is C16H25N3O. The van der Waals surface area contributed by atoms with Gasteiger partial charge in [-0.05, 0) is 49.4 Å². The number of hydrogen-bond acceptors (Lipinski definition) is 3. The lowest BCUT2D eigenvalue weighted by atomic mass is 10.0. The van der Waals surface area contributed by atoms with Gasteiger partial charge in [0.05, 0.1) is 6.54 Å². The molecule has 0 aliphatic carbocycles. The fourth-order valence-electron chi connectivity index (χ4n) is 2.71. The molecule has 20 heavy (non-hydrogen) atoms. The molecule has 0 saturated carbocycles. The van der Waals surface area contributed by atoms with E-state index in [0.717, 1.165) is 32.0 Å². The van der Waals surface area contributed by atoms with Gasteiger partial charge in [0.2, 0.25) is 5.91 Å². The summed E-state index contributed by atoms with van der Waals surface area (Å²) in [6.45, 7) is 5.73. The lowest BCUT2D eigenvalue weighted by molar-refractivity contribution is -0.131. The number of pyridine rings is 1. The molecule has 110 valence electrons. The zero-order valence-electron chi connectivity index (χ0n) is 12.6. The predicted octanol–water partition coefficient (Wildman–Crippen LogP) is 1.81. The summed E-state index contributed by atoms with van der Waals surface area (Å²) in [6.07, 6.45) is 7.00. The molecule has 1 aromatic rings. The average molecular weight is 275 g/mol. The van der Waals surface area contributed by atoms with Gasteiger partial charge in [-0.2, -0.15) is 0 Å². The maximum Gasteiger partial charge on any atom is 0.236 e. The summed E-state index contributed by atoms with van der Waals surface area (Å²) in [6, 6.07) is 4.01. The number of carbonyl (C=O) groups is 1. The predicted molar refractivity (Wildman–Crippen MR) is 80.4 cm³/mol. The highest BCUT2D eigenvalue weighted by Crippen LogP contribution is 2.15. The van der Waals surface area contributed by atoms with Gasteiger partial charge in [0.1, 0.15) is 0 Å². The van der Waals surface area contributed by atoms with E-state index in [1.54, 1.807) is 12.4 Å². The van der Waals surface area contributed by atoms with Crippen LogP contribution in [-0.4, -0.2) is 53.9 Å². The van der Waals surface area contributed by atoms with Crippen molar-refractivity contribution in [3.05, 3.63) is 30.1 Å². The number of hydrogen-bond donors (Lipinski definition) is 0. The molecule has 0 N–H and O–H groups in total. The van der Waals surface area contributed by atoms with Crippen molar-refractivity contribution in [2.75, 3.05) is 33.2 Å². The van der Waals surface area contributed by atoms with Gasteiger partial charge in [-0.25, -0.2) is 0 Å². The second-order valence-electron chi connectivity index (χ2n) is 5.90. The van der Waals surface area contributed by atoms with E-state index in [1.807, 2.05) is 24.1 Å². The Labute approximate surface area is 121 Å². The summed E-state index contributed by atoms with van der Waals surface area (Å²) in [4.78, 5) is 20.4. The van der Waals surface area contributed by atoms with E-state index in [-0.39, 0.29) is 5.91 Å². The molecule has 0 radical (unpaired) electrons. The molecular weight excluding hydrogens is 250 g/mol. The average Bonchev–Trinajstić information content (AvgIpc) is 2.46. The van der Waals surface area contributed by atoms with E-state index < -0.39 is 0 Å². The number of aromatic nitrogens is 1. The summed E-state index contributed by atoms with van der Waals surface area (Å²) in [5.41, 5.74) is 1.23. The Morgan fingerprint density at radius 1 is 1.45 bits per heavy atom. The van der Waals surface area contributed by atoms with Crippen molar-refractivity contribution in [2.24, 2.45) is 5.92 Å². The Bertz CT molecular complexity index is 421. The molecule has 1 aromatic heterocycles. The minimum Gasteiger partial charge on any atom is -0.344 e. The first-order valence-corrected chi connectivity index (χ1v) is 7.50. The zero-order valence-corrected chi connectivity index (χ0v) is 12.6. The number of piperidine rings is 1. The molecule has 0 spiro atoms. The van der Waals surface area contributed by atoms with Crippen molar-refractivity contribution in [1.82, 2.24) is 14.8 Å². The molecule has 2 heterocycles. The van der Waals surface area contributed by atoms with Gasteiger partial charge < -0.3 is 4.90 Å². The molecule has 1 fully saturated rings. The quantitative estimate of drug-likeness (QED) is 0.822. The van der Waals surface area contributed by atoms with Gasteiger partial charge in [0.15, 0.2) is 0 Å². The summed E-state index contributed by atoms with van der Waals surface area (Å²) in [7, 11) is 1.90. The van der Waals surface area contributed by atoms with Crippen molar-refractivity contribution in [3.63, 3.8) is 0 Å². The molecule has 1 aliphatic rings. The van der Waals surface area contributed by atoms with Crippen molar-refractivity contribution >= 4 is 5.91 Å². The van der Waals surface area contributed by atoms with Crippen molar-refractivity contribution in [2.45, 2.75) is 26.2 Å². The minimum absolute atomic E-state index is 0.230. The summed E-state index contributed by atoms with van der Waals surface area (Å²) < 4.78 is 0. The second kappa shape index (κ2) is 7.39. The van der Waals surface area contributed by atoms with E-state index in [0.29, 0.717) is 6.54 Å². The molecule has 0 bridgehead atoms. The van der Waals surface area contributed by atoms with Gasteiger partial charge in [-0.1, -0.05) is 6.92 Å².